The number of benzene rings is 2. The van der Waals surface area contributed by atoms with Crippen molar-refractivity contribution in [2.45, 2.75) is 13.8 Å². The Hall–Kier alpha value is -3.34. The van der Waals surface area contributed by atoms with Crippen LogP contribution in [0.25, 0.3) is 16.7 Å². The predicted octanol–water partition coefficient (Wildman–Crippen LogP) is 4.40. The molecule has 0 aliphatic rings. The standard InChI is InChI=1S/C21H20N2O3/c1-13-7-6-8-14(2)21(13)23-20(25)12-26-19-11-18(15(3)24)22-17-10-5-4-9-16(17)19/h4-11,24H,3,12H2,1-2H3,(H,23,25). The quantitative estimate of drug-likeness (QED) is 0.671. The molecule has 0 atom stereocenters. The van der Waals surface area contributed by atoms with Crippen LogP contribution in [0.2, 0.25) is 0 Å². The van der Waals surface area contributed by atoms with E-state index < -0.39 is 0 Å². The number of aliphatic hydroxyl groups is 1. The normalized spacial score (nSPS) is 10.5. The Balaban J connectivity index is 1.81. The molecule has 0 radical (unpaired) electrons. The summed E-state index contributed by atoms with van der Waals surface area (Å²) in [5.41, 5.74) is 3.75. The van der Waals surface area contributed by atoms with Crippen LogP contribution in [-0.2, 0) is 4.79 Å². The van der Waals surface area contributed by atoms with Crippen molar-refractivity contribution in [1.82, 2.24) is 4.98 Å². The van der Waals surface area contributed by atoms with Gasteiger partial charge in [0.25, 0.3) is 5.91 Å². The molecular formula is C21H20N2O3. The molecule has 3 rings (SSSR count). The molecule has 132 valence electrons. The van der Waals surface area contributed by atoms with E-state index in [0.29, 0.717) is 17.0 Å². The number of nitrogens with one attached hydrogen (secondary N) is 1. The number of aryl methyl sites for hydroxylation is 2. The second kappa shape index (κ2) is 7.27. The first-order valence-electron chi connectivity index (χ1n) is 8.22. The molecule has 0 saturated heterocycles. The van der Waals surface area contributed by atoms with Gasteiger partial charge in [-0.15, -0.1) is 0 Å². The minimum atomic E-state index is -0.257. The van der Waals surface area contributed by atoms with Crippen molar-refractivity contribution in [2.75, 3.05) is 11.9 Å². The van der Waals surface area contributed by atoms with Crippen LogP contribution in [0, 0.1) is 13.8 Å². The molecule has 2 N–H and O–H groups in total. The van der Waals surface area contributed by atoms with E-state index in [4.69, 9.17) is 4.74 Å². The number of carbonyl (C=O) groups is 1. The number of para-hydroxylation sites is 2. The van der Waals surface area contributed by atoms with Crippen molar-refractivity contribution in [1.29, 1.82) is 0 Å². The van der Waals surface area contributed by atoms with Gasteiger partial charge >= 0.3 is 0 Å². The van der Waals surface area contributed by atoms with Crippen molar-refractivity contribution in [3.05, 3.63) is 71.9 Å². The van der Waals surface area contributed by atoms with Crippen molar-refractivity contribution >= 4 is 28.3 Å². The number of amides is 1. The Bertz CT molecular complexity index is 975. The lowest BCUT2D eigenvalue weighted by molar-refractivity contribution is -0.118. The Morgan fingerprint density at radius 3 is 2.54 bits per heavy atom. The first-order chi connectivity index (χ1) is 12.5. The van der Waals surface area contributed by atoms with E-state index >= 15 is 0 Å². The van der Waals surface area contributed by atoms with E-state index in [1.54, 1.807) is 6.07 Å². The number of ether oxygens (including phenoxy) is 1. The molecule has 0 fully saturated rings. The van der Waals surface area contributed by atoms with Gasteiger partial charge in [0.2, 0.25) is 0 Å². The van der Waals surface area contributed by atoms with Crippen molar-refractivity contribution in [3.63, 3.8) is 0 Å². The molecule has 5 heteroatoms. The SMILES string of the molecule is C=C(O)c1cc(OCC(=O)Nc2c(C)cccc2C)c2ccccc2n1. The fourth-order valence-electron chi connectivity index (χ4n) is 2.74. The summed E-state index contributed by atoms with van der Waals surface area (Å²) in [5, 5.41) is 13.3. The third-order valence-electron chi connectivity index (χ3n) is 4.08. The maximum absolute atomic E-state index is 12.3. The van der Waals surface area contributed by atoms with Crippen LogP contribution in [0.3, 0.4) is 0 Å². The topological polar surface area (TPSA) is 71.5 Å². The molecule has 0 spiro atoms. The first-order valence-corrected chi connectivity index (χ1v) is 8.22. The number of carbonyl (C=O) groups excluding carboxylic acids is 1. The van der Waals surface area contributed by atoms with Crippen LogP contribution < -0.4 is 10.1 Å². The number of hydrogen-bond donors (Lipinski definition) is 2. The van der Waals surface area contributed by atoms with E-state index in [1.165, 1.54) is 0 Å². The molecule has 2 aromatic carbocycles. The van der Waals surface area contributed by atoms with Crippen molar-refractivity contribution < 1.29 is 14.6 Å². The molecule has 1 aromatic heterocycles. The molecule has 0 bridgehead atoms. The van der Waals surface area contributed by atoms with Gasteiger partial charge in [-0.1, -0.05) is 36.9 Å². The fourth-order valence-corrected chi connectivity index (χ4v) is 2.74. The average molecular weight is 348 g/mol. The first kappa shape index (κ1) is 17.5. The molecule has 5 nitrogen and oxygen atoms in total. The van der Waals surface area contributed by atoms with Gasteiger partial charge in [0.05, 0.1) is 5.52 Å². The number of fused-ring (bicyclic) bond motifs is 1. The Labute approximate surface area is 152 Å². The highest BCUT2D eigenvalue weighted by atomic mass is 16.5. The number of pyridine rings is 1. The fraction of sp³-hybridized carbons (Fsp3) is 0.143. The van der Waals surface area contributed by atoms with Crippen molar-refractivity contribution in [2.24, 2.45) is 0 Å². The summed E-state index contributed by atoms with van der Waals surface area (Å²) in [5.74, 6) is 0.0608. The third kappa shape index (κ3) is 3.67. The number of nitrogens with zero attached hydrogens (tertiary/aromatic N) is 1. The Kier molecular flexibility index (Phi) is 4.89. The van der Waals surface area contributed by atoms with Gasteiger partial charge in [-0.3, -0.25) is 4.79 Å². The summed E-state index contributed by atoms with van der Waals surface area (Å²) in [6.07, 6.45) is 0. The number of rotatable bonds is 5. The highest BCUT2D eigenvalue weighted by Gasteiger charge is 2.12. The van der Waals surface area contributed by atoms with Crippen LogP contribution in [0.1, 0.15) is 16.8 Å². The van der Waals surface area contributed by atoms with E-state index in [9.17, 15) is 9.90 Å². The predicted molar refractivity (Wildman–Crippen MR) is 103 cm³/mol. The Morgan fingerprint density at radius 2 is 1.85 bits per heavy atom. The zero-order valence-corrected chi connectivity index (χ0v) is 14.7. The van der Waals surface area contributed by atoms with Crippen LogP contribution in [0.5, 0.6) is 5.75 Å². The number of aliphatic hydroxyl groups excluding tert-OH is 1. The second-order valence-electron chi connectivity index (χ2n) is 6.07. The molecule has 0 aliphatic carbocycles. The molecule has 0 saturated carbocycles. The minimum absolute atomic E-state index is 0.152. The minimum Gasteiger partial charge on any atom is -0.506 e. The lowest BCUT2D eigenvalue weighted by atomic mass is 10.1. The maximum Gasteiger partial charge on any atom is 0.262 e. The van der Waals surface area contributed by atoms with E-state index in [-0.39, 0.29) is 18.3 Å². The lowest BCUT2D eigenvalue weighted by Crippen LogP contribution is -2.21. The molecular weight excluding hydrogens is 328 g/mol. The average Bonchev–Trinajstić information content (AvgIpc) is 2.62. The van der Waals surface area contributed by atoms with E-state index in [1.807, 2.05) is 56.3 Å². The summed E-state index contributed by atoms with van der Waals surface area (Å²) >= 11 is 0. The monoisotopic (exact) mass is 348 g/mol. The van der Waals surface area contributed by atoms with Gasteiger partial charge in [0, 0.05) is 17.1 Å². The van der Waals surface area contributed by atoms with E-state index in [2.05, 4.69) is 16.9 Å². The number of aromatic nitrogens is 1. The maximum atomic E-state index is 12.3. The van der Waals surface area contributed by atoms with Gasteiger partial charge in [0.1, 0.15) is 17.2 Å². The Morgan fingerprint density at radius 1 is 1.15 bits per heavy atom. The van der Waals surface area contributed by atoms with Gasteiger partial charge < -0.3 is 15.2 Å². The van der Waals surface area contributed by atoms with Gasteiger partial charge in [-0.25, -0.2) is 4.98 Å². The van der Waals surface area contributed by atoms with Gasteiger partial charge in [-0.2, -0.15) is 0 Å². The molecule has 0 aliphatic heterocycles. The summed E-state index contributed by atoms with van der Waals surface area (Å²) < 4.78 is 5.72. The summed E-state index contributed by atoms with van der Waals surface area (Å²) in [6, 6.07) is 14.8. The highest BCUT2D eigenvalue weighted by molar-refractivity contribution is 5.94. The summed E-state index contributed by atoms with van der Waals surface area (Å²) in [4.78, 5) is 16.6. The van der Waals surface area contributed by atoms with Crippen LogP contribution in [0.4, 0.5) is 5.69 Å². The smallest absolute Gasteiger partial charge is 0.262 e. The molecule has 1 heterocycles. The molecule has 3 aromatic rings. The molecule has 0 unspecified atom stereocenters. The summed E-state index contributed by atoms with van der Waals surface area (Å²) in [7, 11) is 0. The third-order valence-corrected chi connectivity index (χ3v) is 4.08. The zero-order chi connectivity index (χ0) is 18.7. The zero-order valence-electron chi connectivity index (χ0n) is 14.7. The lowest BCUT2D eigenvalue weighted by Gasteiger charge is -2.13. The molecule has 26 heavy (non-hydrogen) atoms. The van der Waals surface area contributed by atoms with Crippen LogP contribution in [-0.4, -0.2) is 22.6 Å². The number of hydrogen-bond acceptors (Lipinski definition) is 4. The molecule has 1 amide bonds. The van der Waals surface area contributed by atoms with Gasteiger partial charge in [-0.05, 0) is 37.1 Å². The van der Waals surface area contributed by atoms with Crippen LogP contribution in [0.15, 0.2) is 55.1 Å². The van der Waals surface area contributed by atoms with E-state index in [0.717, 1.165) is 22.2 Å². The van der Waals surface area contributed by atoms with Crippen molar-refractivity contribution in [3.8, 4) is 5.75 Å². The second-order valence-corrected chi connectivity index (χ2v) is 6.07. The summed E-state index contributed by atoms with van der Waals surface area (Å²) in [6.45, 7) is 7.24. The highest BCUT2D eigenvalue weighted by Crippen LogP contribution is 2.27. The number of anilines is 1. The van der Waals surface area contributed by atoms with Crippen LogP contribution >= 0.6 is 0 Å². The van der Waals surface area contributed by atoms with Gasteiger partial charge in [0.15, 0.2) is 6.61 Å². The largest absolute Gasteiger partial charge is 0.506 e.